The number of nitrogens with one attached hydrogen (secondary N) is 1. The minimum absolute atomic E-state index is 0.0618. The first kappa shape index (κ1) is 19.4. The third-order valence-corrected chi connectivity index (χ3v) is 5.16. The smallest absolute Gasteiger partial charge is 0.269 e. The van der Waals surface area contributed by atoms with Crippen LogP contribution < -0.4 is 11.1 Å². The Morgan fingerprint density at radius 3 is 2.40 bits per heavy atom. The molecule has 3 heterocycles. The Bertz CT molecular complexity index is 1050. The van der Waals surface area contributed by atoms with Crippen molar-refractivity contribution in [3.05, 3.63) is 66.4 Å². The molecule has 4 rings (SSSR count). The molecule has 1 aliphatic rings. The lowest BCUT2D eigenvalue weighted by atomic mass is 9.95. The molecule has 1 fully saturated rings. The zero-order valence-electron chi connectivity index (χ0n) is 16.2. The van der Waals surface area contributed by atoms with Crippen molar-refractivity contribution < 1.29 is 18.8 Å². The van der Waals surface area contributed by atoms with Crippen LogP contribution in [-0.4, -0.2) is 45.5 Å². The molecular weight excluding hydrogens is 386 g/mol. The molecule has 0 saturated carbocycles. The molecular formula is C21H21N5O4. The zero-order chi connectivity index (χ0) is 21.1. The van der Waals surface area contributed by atoms with Crippen LogP contribution in [0.1, 0.15) is 33.7 Å². The number of anilines is 1. The van der Waals surface area contributed by atoms with Crippen molar-refractivity contribution >= 4 is 23.4 Å². The van der Waals surface area contributed by atoms with Gasteiger partial charge in [-0.05, 0) is 49.2 Å². The summed E-state index contributed by atoms with van der Waals surface area (Å²) in [6.07, 6.45) is 5.77. The fourth-order valence-corrected chi connectivity index (χ4v) is 3.45. The highest BCUT2D eigenvalue weighted by Gasteiger charge is 2.28. The van der Waals surface area contributed by atoms with Gasteiger partial charge >= 0.3 is 0 Å². The average Bonchev–Trinajstić information content (AvgIpc) is 3.46. The van der Waals surface area contributed by atoms with E-state index in [4.69, 9.17) is 10.2 Å². The first-order valence-electron chi connectivity index (χ1n) is 9.59. The number of likely N-dealkylation sites (tertiary alicyclic amines) is 1. The van der Waals surface area contributed by atoms with E-state index in [9.17, 15) is 14.4 Å². The monoisotopic (exact) mass is 407 g/mol. The van der Waals surface area contributed by atoms with Gasteiger partial charge in [0.2, 0.25) is 5.91 Å². The van der Waals surface area contributed by atoms with Gasteiger partial charge in [0.25, 0.3) is 11.8 Å². The number of hydrogen-bond acceptors (Lipinski definition) is 5. The van der Waals surface area contributed by atoms with E-state index in [1.54, 1.807) is 52.2 Å². The molecule has 0 spiro atoms. The number of carbonyl (C=O) groups excluding carboxylic acids is 3. The Hall–Kier alpha value is -3.88. The second kappa shape index (κ2) is 8.24. The van der Waals surface area contributed by atoms with Crippen molar-refractivity contribution in [2.75, 3.05) is 18.4 Å². The molecule has 9 heteroatoms. The van der Waals surface area contributed by atoms with E-state index >= 15 is 0 Å². The van der Waals surface area contributed by atoms with Gasteiger partial charge in [0.1, 0.15) is 12.0 Å². The number of furan rings is 1. The summed E-state index contributed by atoms with van der Waals surface area (Å²) < 4.78 is 6.50. The highest BCUT2D eigenvalue weighted by atomic mass is 16.3. The molecule has 3 N–H and O–H groups in total. The van der Waals surface area contributed by atoms with E-state index in [0.29, 0.717) is 37.2 Å². The van der Waals surface area contributed by atoms with Crippen LogP contribution in [0.4, 0.5) is 5.69 Å². The fraction of sp³-hybridized carbons (Fsp3) is 0.238. The minimum atomic E-state index is -0.588. The van der Waals surface area contributed by atoms with Crippen molar-refractivity contribution in [3.63, 3.8) is 0 Å². The van der Waals surface area contributed by atoms with Gasteiger partial charge < -0.3 is 20.4 Å². The zero-order valence-corrected chi connectivity index (χ0v) is 16.2. The van der Waals surface area contributed by atoms with Crippen LogP contribution >= 0.6 is 0 Å². The molecule has 0 radical (unpaired) electrons. The van der Waals surface area contributed by atoms with E-state index in [1.165, 1.54) is 12.5 Å². The molecule has 30 heavy (non-hydrogen) atoms. The van der Waals surface area contributed by atoms with Crippen molar-refractivity contribution in [3.8, 4) is 5.69 Å². The highest BCUT2D eigenvalue weighted by Crippen LogP contribution is 2.22. The molecule has 1 aromatic carbocycles. The predicted octanol–water partition coefficient (Wildman–Crippen LogP) is 2.06. The van der Waals surface area contributed by atoms with Crippen LogP contribution in [-0.2, 0) is 4.79 Å². The second-order valence-electron chi connectivity index (χ2n) is 7.12. The van der Waals surface area contributed by atoms with Crippen molar-refractivity contribution in [1.29, 1.82) is 0 Å². The quantitative estimate of drug-likeness (QED) is 0.670. The van der Waals surface area contributed by atoms with Crippen LogP contribution in [0.2, 0.25) is 0 Å². The van der Waals surface area contributed by atoms with Crippen LogP contribution in [0, 0.1) is 5.92 Å². The van der Waals surface area contributed by atoms with Gasteiger partial charge in [-0.25, -0.2) is 4.68 Å². The van der Waals surface area contributed by atoms with Crippen LogP contribution in [0.25, 0.3) is 5.69 Å². The Kier molecular flexibility index (Phi) is 5.34. The van der Waals surface area contributed by atoms with Crippen molar-refractivity contribution in [2.45, 2.75) is 12.8 Å². The number of carbonyl (C=O) groups is 3. The Labute approximate surface area is 172 Å². The van der Waals surface area contributed by atoms with E-state index < -0.39 is 5.91 Å². The molecule has 0 atom stereocenters. The van der Waals surface area contributed by atoms with E-state index in [0.717, 1.165) is 5.69 Å². The number of primary amides is 1. The molecule has 2 aromatic heterocycles. The molecule has 3 amide bonds. The van der Waals surface area contributed by atoms with Gasteiger partial charge in [-0.3, -0.25) is 14.4 Å². The predicted molar refractivity (Wildman–Crippen MR) is 108 cm³/mol. The summed E-state index contributed by atoms with van der Waals surface area (Å²) in [5, 5.41) is 7.02. The van der Waals surface area contributed by atoms with Gasteiger partial charge in [-0.1, -0.05) is 0 Å². The fourth-order valence-electron chi connectivity index (χ4n) is 3.45. The van der Waals surface area contributed by atoms with Gasteiger partial charge in [0, 0.05) is 30.9 Å². The van der Waals surface area contributed by atoms with E-state index in [1.807, 2.05) is 0 Å². The molecule has 1 aliphatic heterocycles. The topological polar surface area (TPSA) is 123 Å². The van der Waals surface area contributed by atoms with Crippen LogP contribution in [0.5, 0.6) is 0 Å². The molecule has 3 aromatic rings. The Balaban J connectivity index is 1.32. The number of aromatic nitrogens is 2. The molecule has 0 aliphatic carbocycles. The molecule has 9 nitrogen and oxygen atoms in total. The lowest BCUT2D eigenvalue weighted by Crippen LogP contribution is -2.41. The van der Waals surface area contributed by atoms with E-state index in [2.05, 4.69) is 10.4 Å². The largest absolute Gasteiger partial charge is 0.472 e. The molecule has 154 valence electrons. The second-order valence-corrected chi connectivity index (χ2v) is 7.12. The number of nitrogens with zero attached hydrogens (tertiary/aromatic N) is 3. The summed E-state index contributed by atoms with van der Waals surface area (Å²) in [7, 11) is 0. The summed E-state index contributed by atoms with van der Waals surface area (Å²) in [6, 6.07) is 10.3. The molecule has 1 saturated heterocycles. The van der Waals surface area contributed by atoms with Crippen molar-refractivity contribution in [1.82, 2.24) is 14.7 Å². The lowest BCUT2D eigenvalue weighted by molar-refractivity contribution is -0.121. The normalized spacial score (nSPS) is 14.5. The number of amides is 3. The number of nitrogens with two attached hydrogens (primary N) is 1. The van der Waals surface area contributed by atoms with Gasteiger partial charge in [0.05, 0.1) is 17.5 Å². The lowest BCUT2D eigenvalue weighted by Gasteiger charge is -2.31. The summed E-state index contributed by atoms with van der Waals surface area (Å²) in [5.74, 6) is -0.873. The molecule has 0 unspecified atom stereocenters. The van der Waals surface area contributed by atoms with Crippen LogP contribution in [0.15, 0.2) is 59.5 Å². The third-order valence-electron chi connectivity index (χ3n) is 5.16. The summed E-state index contributed by atoms with van der Waals surface area (Å²) in [4.78, 5) is 37.9. The standard InChI is InChI=1S/C21H21N5O4/c22-19(27)18-7-11-26(24-18)17-3-1-16(2-4-17)23-20(28)14-5-9-25(10-6-14)21(29)15-8-12-30-13-15/h1-4,7-8,11-14H,5-6,9-10H2,(H2,22,27)(H,23,28). The van der Waals surface area contributed by atoms with Gasteiger partial charge in [-0.15, -0.1) is 0 Å². The summed E-state index contributed by atoms with van der Waals surface area (Å²) in [6.45, 7) is 1.06. The Morgan fingerprint density at radius 1 is 1.07 bits per heavy atom. The third kappa shape index (κ3) is 4.09. The summed E-state index contributed by atoms with van der Waals surface area (Å²) >= 11 is 0. The average molecular weight is 407 g/mol. The summed E-state index contributed by atoms with van der Waals surface area (Å²) in [5.41, 5.74) is 7.34. The maximum absolute atomic E-state index is 12.6. The molecule has 0 bridgehead atoms. The van der Waals surface area contributed by atoms with Gasteiger partial charge in [0.15, 0.2) is 0 Å². The van der Waals surface area contributed by atoms with Crippen LogP contribution in [0.3, 0.4) is 0 Å². The number of rotatable bonds is 5. The first-order chi connectivity index (χ1) is 14.5. The highest BCUT2D eigenvalue weighted by molar-refractivity contribution is 5.95. The first-order valence-corrected chi connectivity index (χ1v) is 9.59. The van der Waals surface area contributed by atoms with E-state index in [-0.39, 0.29) is 23.4 Å². The SMILES string of the molecule is NC(=O)c1ccn(-c2ccc(NC(=O)C3CCN(C(=O)c4ccoc4)CC3)cc2)n1. The number of hydrogen-bond donors (Lipinski definition) is 2. The number of piperidine rings is 1. The maximum Gasteiger partial charge on any atom is 0.269 e. The Morgan fingerprint density at radius 2 is 1.80 bits per heavy atom. The van der Waals surface area contributed by atoms with Crippen molar-refractivity contribution in [2.24, 2.45) is 11.7 Å². The van der Waals surface area contributed by atoms with Gasteiger partial charge in [-0.2, -0.15) is 5.10 Å². The number of benzene rings is 1. The maximum atomic E-state index is 12.6. The minimum Gasteiger partial charge on any atom is -0.472 e.